The normalized spacial score (nSPS) is 9.65. The van der Waals surface area contributed by atoms with Gasteiger partial charge in [-0.3, -0.25) is 0 Å². The molecule has 0 radical (unpaired) electrons. The molecule has 0 spiro atoms. The summed E-state index contributed by atoms with van der Waals surface area (Å²) in [6.07, 6.45) is 1.64. The van der Waals surface area contributed by atoms with Crippen LogP contribution in [0.25, 0.3) is 0 Å². The summed E-state index contributed by atoms with van der Waals surface area (Å²) >= 11 is 1.52. The van der Waals surface area contributed by atoms with Crippen LogP contribution in [0.2, 0.25) is 0 Å². The van der Waals surface area contributed by atoms with Crippen LogP contribution in [0.1, 0.15) is 5.56 Å². The van der Waals surface area contributed by atoms with Crippen LogP contribution < -0.4 is 4.74 Å². The van der Waals surface area contributed by atoms with Crippen LogP contribution in [0, 0.1) is 11.3 Å². The van der Waals surface area contributed by atoms with Crippen LogP contribution in [0.3, 0.4) is 0 Å². The van der Waals surface area contributed by atoms with Crippen LogP contribution in [-0.4, -0.2) is 12.1 Å². The highest BCUT2D eigenvalue weighted by Gasteiger charge is 2.00. The minimum atomic E-state index is 0.621. The number of aromatic nitrogens is 1. The molecule has 0 aliphatic rings. The third-order valence-corrected chi connectivity index (χ3v) is 3.09. The van der Waals surface area contributed by atoms with E-state index in [9.17, 15) is 0 Å². The quantitative estimate of drug-likeness (QED) is 0.829. The second kappa shape index (κ2) is 5.37. The lowest BCUT2D eigenvalue weighted by Gasteiger charge is -2.02. The summed E-state index contributed by atoms with van der Waals surface area (Å²) in [4.78, 5) is 5.27. The van der Waals surface area contributed by atoms with Crippen molar-refractivity contribution in [3.8, 4) is 11.8 Å². The molecule has 1 aromatic carbocycles. The summed E-state index contributed by atoms with van der Waals surface area (Å²) in [5, 5.41) is 9.61. The third kappa shape index (κ3) is 2.99. The largest absolute Gasteiger partial charge is 0.497 e. The van der Waals surface area contributed by atoms with E-state index >= 15 is 0 Å². The minimum Gasteiger partial charge on any atom is -0.497 e. The lowest BCUT2D eigenvalue weighted by atomic mass is 10.3. The molecule has 0 atom stereocenters. The molecular formula is C13H10N2OS. The first-order chi connectivity index (χ1) is 8.31. The van der Waals surface area contributed by atoms with Crippen molar-refractivity contribution >= 4 is 11.8 Å². The third-order valence-electron chi connectivity index (χ3n) is 2.15. The first-order valence-electron chi connectivity index (χ1n) is 5.00. The average Bonchev–Trinajstić information content (AvgIpc) is 2.40. The Bertz CT molecular complexity index is 546. The topological polar surface area (TPSA) is 45.9 Å². The van der Waals surface area contributed by atoms with Gasteiger partial charge in [-0.1, -0.05) is 11.8 Å². The maximum atomic E-state index is 8.79. The molecule has 1 heterocycles. The summed E-state index contributed by atoms with van der Waals surface area (Å²) in [5.41, 5.74) is 0.621. The lowest BCUT2D eigenvalue weighted by Crippen LogP contribution is -1.83. The van der Waals surface area contributed by atoms with Gasteiger partial charge in [0.05, 0.1) is 18.7 Å². The number of ether oxygens (including phenoxy) is 1. The van der Waals surface area contributed by atoms with Gasteiger partial charge in [0.15, 0.2) is 0 Å². The highest BCUT2D eigenvalue weighted by Crippen LogP contribution is 2.27. The maximum absolute atomic E-state index is 8.79. The van der Waals surface area contributed by atoms with Gasteiger partial charge in [0.2, 0.25) is 0 Å². The molecule has 0 bridgehead atoms. The molecule has 0 saturated carbocycles. The van der Waals surface area contributed by atoms with E-state index in [-0.39, 0.29) is 0 Å². The van der Waals surface area contributed by atoms with Gasteiger partial charge in [-0.2, -0.15) is 5.26 Å². The number of methoxy groups -OCH3 is 1. The van der Waals surface area contributed by atoms with Gasteiger partial charge >= 0.3 is 0 Å². The molecule has 17 heavy (non-hydrogen) atoms. The summed E-state index contributed by atoms with van der Waals surface area (Å²) < 4.78 is 5.09. The molecule has 0 amide bonds. The second-order valence-corrected chi connectivity index (χ2v) is 4.37. The number of nitriles is 1. The van der Waals surface area contributed by atoms with Crippen molar-refractivity contribution in [3.63, 3.8) is 0 Å². The van der Waals surface area contributed by atoms with E-state index in [0.29, 0.717) is 5.56 Å². The SMILES string of the molecule is COc1ccc(Sc2cc(C#N)ccn2)cc1. The molecular weight excluding hydrogens is 232 g/mol. The van der Waals surface area contributed by atoms with Crippen LogP contribution in [0.5, 0.6) is 5.75 Å². The summed E-state index contributed by atoms with van der Waals surface area (Å²) in [5.74, 6) is 0.827. The molecule has 0 N–H and O–H groups in total. The van der Waals surface area contributed by atoms with E-state index in [0.717, 1.165) is 15.7 Å². The molecule has 0 fully saturated rings. The lowest BCUT2D eigenvalue weighted by molar-refractivity contribution is 0.414. The van der Waals surface area contributed by atoms with Gasteiger partial charge < -0.3 is 4.74 Å². The fraction of sp³-hybridized carbons (Fsp3) is 0.0769. The molecule has 0 unspecified atom stereocenters. The number of benzene rings is 1. The smallest absolute Gasteiger partial charge is 0.118 e. The molecule has 0 saturated heterocycles. The van der Waals surface area contributed by atoms with Gasteiger partial charge in [0.25, 0.3) is 0 Å². The molecule has 0 aliphatic heterocycles. The van der Waals surface area contributed by atoms with Crippen molar-refractivity contribution in [3.05, 3.63) is 48.2 Å². The number of rotatable bonds is 3. The van der Waals surface area contributed by atoms with Crippen LogP contribution in [0.15, 0.2) is 52.5 Å². The van der Waals surface area contributed by atoms with E-state index in [2.05, 4.69) is 11.1 Å². The van der Waals surface area contributed by atoms with Crippen molar-refractivity contribution < 1.29 is 4.74 Å². The van der Waals surface area contributed by atoms with Crippen molar-refractivity contribution in [2.45, 2.75) is 9.92 Å². The Morgan fingerprint density at radius 3 is 2.65 bits per heavy atom. The number of hydrogen-bond acceptors (Lipinski definition) is 4. The molecule has 1 aromatic heterocycles. The van der Waals surface area contributed by atoms with Crippen molar-refractivity contribution in [2.75, 3.05) is 7.11 Å². The fourth-order valence-corrected chi connectivity index (χ4v) is 2.11. The number of nitrogens with zero attached hydrogens (tertiary/aromatic N) is 2. The van der Waals surface area contributed by atoms with E-state index in [1.807, 2.05) is 24.3 Å². The standard InChI is InChI=1S/C13H10N2OS/c1-16-11-2-4-12(5-3-11)17-13-8-10(9-14)6-7-15-13/h2-8H,1H3. The van der Waals surface area contributed by atoms with Gasteiger partial charge in [-0.15, -0.1) is 0 Å². The summed E-state index contributed by atoms with van der Waals surface area (Å²) in [7, 11) is 1.64. The second-order valence-electron chi connectivity index (χ2n) is 3.27. The first kappa shape index (κ1) is 11.5. The Morgan fingerprint density at radius 2 is 2.00 bits per heavy atom. The highest BCUT2D eigenvalue weighted by molar-refractivity contribution is 7.99. The highest BCUT2D eigenvalue weighted by atomic mass is 32.2. The Hall–Kier alpha value is -1.99. The fourth-order valence-electron chi connectivity index (χ4n) is 1.30. The Labute approximate surface area is 104 Å². The van der Waals surface area contributed by atoms with E-state index < -0.39 is 0 Å². The van der Waals surface area contributed by atoms with Crippen LogP contribution >= 0.6 is 11.8 Å². The average molecular weight is 242 g/mol. The van der Waals surface area contributed by atoms with Crippen molar-refractivity contribution in [1.29, 1.82) is 5.26 Å². The summed E-state index contributed by atoms with van der Waals surface area (Å²) in [6, 6.07) is 13.3. The molecule has 2 aromatic rings. The van der Waals surface area contributed by atoms with Gasteiger partial charge in [-0.05, 0) is 36.4 Å². The van der Waals surface area contributed by atoms with Crippen LogP contribution in [-0.2, 0) is 0 Å². The zero-order valence-electron chi connectivity index (χ0n) is 9.25. The van der Waals surface area contributed by atoms with Gasteiger partial charge in [-0.25, -0.2) is 4.98 Å². The Morgan fingerprint density at radius 1 is 1.24 bits per heavy atom. The monoisotopic (exact) mass is 242 g/mol. The van der Waals surface area contributed by atoms with Crippen molar-refractivity contribution in [1.82, 2.24) is 4.98 Å². The van der Waals surface area contributed by atoms with E-state index in [4.69, 9.17) is 10.00 Å². The number of pyridine rings is 1. The molecule has 2 rings (SSSR count). The predicted molar refractivity (Wildman–Crippen MR) is 66.1 cm³/mol. The predicted octanol–water partition coefficient (Wildman–Crippen LogP) is 3.11. The molecule has 4 heteroatoms. The molecule has 3 nitrogen and oxygen atoms in total. The Balaban J connectivity index is 2.16. The van der Waals surface area contributed by atoms with Crippen LogP contribution in [0.4, 0.5) is 0 Å². The zero-order valence-corrected chi connectivity index (χ0v) is 10.1. The Kier molecular flexibility index (Phi) is 3.63. The van der Waals surface area contributed by atoms with E-state index in [1.54, 1.807) is 25.4 Å². The molecule has 84 valence electrons. The maximum Gasteiger partial charge on any atom is 0.118 e. The zero-order chi connectivity index (χ0) is 12.1. The van der Waals surface area contributed by atoms with Gasteiger partial charge in [0, 0.05) is 11.1 Å². The minimum absolute atomic E-state index is 0.621. The van der Waals surface area contributed by atoms with E-state index in [1.165, 1.54) is 11.8 Å². The van der Waals surface area contributed by atoms with Gasteiger partial charge in [0.1, 0.15) is 10.8 Å². The summed E-state index contributed by atoms with van der Waals surface area (Å²) in [6.45, 7) is 0. The molecule has 0 aliphatic carbocycles. The first-order valence-corrected chi connectivity index (χ1v) is 5.81. The number of hydrogen-bond donors (Lipinski definition) is 0. The van der Waals surface area contributed by atoms with Crippen molar-refractivity contribution in [2.24, 2.45) is 0 Å².